The van der Waals surface area contributed by atoms with Crippen LogP contribution in [0.2, 0.25) is 9.04 Å². The van der Waals surface area contributed by atoms with Crippen molar-refractivity contribution >= 4 is 63.1 Å². The molecular formula is C26H27AsClFN3O6S2. The molecule has 9 nitrogen and oxygen atoms in total. The molecule has 0 spiro atoms. The molecule has 1 saturated carbocycles. The standard InChI is InChI=1S/C26H27AsClFN3O6S2/c1-37-25-19(32-9-3-2-4-24(32)33)10-16(29)11-22(25)40(35,36)27-18(26(34)30-14-15-5-6-15)12-17-13-20(38-31-17)21-7-8-23(28)39-21/h7-8,10-11,13,15,18H,2-6,9,12,14H2,1H3,(H,30,34)/t18-/m0/s1. The van der Waals surface area contributed by atoms with Gasteiger partial charge in [0.1, 0.15) is 0 Å². The number of carbonyl (C=O) groups is 2. The molecule has 5 rings (SSSR count). The molecule has 2 aliphatic rings. The van der Waals surface area contributed by atoms with Crippen molar-refractivity contribution < 1.29 is 31.7 Å². The zero-order valence-electron chi connectivity index (χ0n) is 21.6. The van der Waals surface area contributed by atoms with Gasteiger partial charge in [0.2, 0.25) is 0 Å². The summed E-state index contributed by atoms with van der Waals surface area (Å²) in [5, 5.41) is 6.94. The van der Waals surface area contributed by atoms with Gasteiger partial charge in [-0.3, -0.25) is 0 Å². The summed E-state index contributed by atoms with van der Waals surface area (Å²) < 4.78 is 53.0. The van der Waals surface area contributed by atoms with Crippen LogP contribution in [0.1, 0.15) is 37.8 Å². The maximum absolute atomic E-state index is 14.8. The fourth-order valence-electron chi connectivity index (χ4n) is 4.47. The van der Waals surface area contributed by atoms with E-state index in [0.29, 0.717) is 47.6 Å². The van der Waals surface area contributed by atoms with E-state index < -0.39 is 39.1 Å². The van der Waals surface area contributed by atoms with Crippen LogP contribution in [-0.4, -0.2) is 60.2 Å². The summed E-state index contributed by atoms with van der Waals surface area (Å²) in [5.41, 5.74) is 0.500. The van der Waals surface area contributed by atoms with Crippen molar-refractivity contribution in [3.8, 4) is 16.4 Å². The van der Waals surface area contributed by atoms with Gasteiger partial charge < -0.3 is 0 Å². The third-order valence-electron chi connectivity index (χ3n) is 6.70. The van der Waals surface area contributed by atoms with Crippen molar-refractivity contribution in [1.29, 1.82) is 0 Å². The molecule has 1 aromatic carbocycles. The van der Waals surface area contributed by atoms with Gasteiger partial charge in [0, 0.05) is 0 Å². The van der Waals surface area contributed by atoms with Crippen molar-refractivity contribution in [3.63, 3.8) is 0 Å². The summed E-state index contributed by atoms with van der Waals surface area (Å²) in [6.45, 7) is 0.806. The minimum absolute atomic E-state index is 0.0213. The van der Waals surface area contributed by atoms with E-state index in [1.165, 1.54) is 23.3 Å². The van der Waals surface area contributed by atoms with Crippen LogP contribution in [0.25, 0.3) is 10.6 Å². The first-order chi connectivity index (χ1) is 19.1. The third kappa shape index (κ3) is 6.73. The molecule has 1 aliphatic carbocycles. The van der Waals surface area contributed by atoms with Crippen LogP contribution in [-0.2, 0) is 24.1 Å². The molecule has 213 valence electrons. The first kappa shape index (κ1) is 29.1. The number of nitrogens with one attached hydrogen (secondary N) is 1. The van der Waals surface area contributed by atoms with Gasteiger partial charge in [-0.25, -0.2) is 0 Å². The normalized spacial score (nSPS) is 17.0. The van der Waals surface area contributed by atoms with Crippen LogP contribution in [0.15, 0.2) is 39.8 Å². The minimum atomic E-state index is -4.18. The monoisotopic (exact) mass is 670 g/mol. The number of aromatic nitrogens is 1. The van der Waals surface area contributed by atoms with Crippen LogP contribution in [0, 0.1) is 11.7 Å². The van der Waals surface area contributed by atoms with Gasteiger partial charge in [0.25, 0.3) is 0 Å². The van der Waals surface area contributed by atoms with E-state index in [9.17, 15) is 22.4 Å². The van der Waals surface area contributed by atoms with E-state index in [4.69, 9.17) is 20.9 Å². The number of thiophene rings is 1. The summed E-state index contributed by atoms with van der Waals surface area (Å²) in [4.78, 5) is 27.6. The van der Waals surface area contributed by atoms with Gasteiger partial charge in [0.15, 0.2) is 0 Å². The molecule has 1 radical (unpaired) electrons. The number of methoxy groups -OCH3 is 1. The van der Waals surface area contributed by atoms with Gasteiger partial charge in [-0.1, -0.05) is 0 Å². The fourth-order valence-corrected chi connectivity index (χ4v) is 12.1. The molecule has 40 heavy (non-hydrogen) atoms. The third-order valence-corrected chi connectivity index (χ3v) is 14.8. The summed E-state index contributed by atoms with van der Waals surface area (Å²) in [7, 11) is -2.89. The zero-order chi connectivity index (χ0) is 28.4. The molecule has 3 aromatic rings. The molecule has 1 N–H and O–H groups in total. The number of ether oxygens (including phenoxy) is 1. The van der Waals surface area contributed by atoms with Crippen molar-refractivity contribution in [1.82, 2.24) is 10.5 Å². The first-order valence-corrected chi connectivity index (χ1v) is 18.8. The molecule has 14 heteroatoms. The molecule has 1 aliphatic heterocycles. The van der Waals surface area contributed by atoms with Crippen molar-refractivity contribution in [2.75, 3.05) is 25.1 Å². The van der Waals surface area contributed by atoms with Gasteiger partial charge in [-0.2, -0.15) is 0 Å². The summed E-state index contributed by atoms with van der Waals surface area (Å²) in [6.07, 6.45) is 3.77. The van der Waals surface area contributed by atoms with Gasteiger partial charge >= 0.3 is 247 Å². The van der Waals surface area contributed by atoms with E-state index in [-0.39, 0.29) is 35.1 Å². The van der Waals surface area contributed by atoms with E-state index >= 15 is 0 Å². The number of rotatable bonds is 11. The Labute approximate surface area is 246 Å². The van der Waals surface area contributed by atoms with Crippen LogP contribution in [0.5, 0.6) is 5.75 Å². The molecule has 1 saturated heterocycles. The Hall–Kier alpha value is -2.40. The molecule has 0 bridgehead atoms. The van der Waals surface area contributed by atoms with Crippen LogP contribution in [0.4, 0.5) is 10.1 Å². The van der Waals surface area contributed by atoms with Crippen molar-refractivity contribution in [3.05, 3.63) is 46.2 Å². The van der Waals surface area contributed by atoms with Crippen molar-refractivity contribution in [2.24, 2.45) is 5.92 Å². The number of carbonyl (C=O) groups excluding carboxylic acids is 2. The van der Waals surface area contributed by atoms with Gasteiger partial charge in [0.05, 0.1) is 0 Å². The summed E-state index contributed by atoms with van der Waals surface area (Å²) in [6, 6.07) is 7.20. The average molecular weight is 671 g/mol. The SMILES string of the molecule is COc1c(N2CCCCC2=O)cc(F)cc1S(=O)(=O)[As][C@@H](Cc1cc(-c2ccc(Cl)s2)on1)C(=O)NCC1CC1. The average Bonchev–Trinajstić information content (AvgIpc) is 3.47. The number of nitrogens with zero attached hydrogens (tertiary/aromatic N) is 2. The van der Waals surface area contributed by atoms with Crippen LogP contribution < -0.4 is 15.0 Å². The van der Waals surface area contributed by atoms with Crippen LogP contribution in [0.3, 0.4) is 0 Å². The molecule has 2 fully saturated rings. The molecule has 1 atom stereocenters. The Morgan fingerprint density at radius 1 is 1.32 bits per heavy atom. The Morgan fingerprint density at radius 2 is 2.12 bits per heavy atom. The maximum atomic E-state index is 14.8. The number of benzene rings is 1. The topological polar surface area (TPSA) is 119 Å². The van der Waals surface area contributed by atoms with E-state index in [1.807, 2.05) is 0 Å². The fraction of sp³-hybridized carbons (Fsp3) is 0.423. The van der Waals surface area contributed by atoms with Crippen molar-refractivity contribution in [2.45, 2.75) is 48.1 Å². The van der Waals surface area contributed by atoms with Gasteiger partial charge in [-0.15, -0.1) is 0 Å². The van der Waals surface area contributed by atoms with Gasteiger partial charge in [-0.05, 0) is 0 Å². The summed E-state index contributed by atoms with van der Waals surface area (Å²) >= 11 is 5.58. The Kier molecular flexibility index (Phi) is 8.89. The number of hydrogen-bond donors (Lipinski definition) is 1. The molecular weight excluding hydrogens is 644 g/mol. The molecule has 2 amide bonds. The van der Waals surface area contributed by atoms with E-state index in [2.05, 4.69) is 10.5 Å². The second-order valence-corrected chi connectivity index (χ2v) is 18.7. The number of piperidine rings is 1. The second kappa shape index (κ2) is 12.2. The Balaban J connectivity index is 1.44. The number of anilines is 1. The quantitative estimate of drug-likeness (QED) is 0.295. The number of amides is 2. The predicted molar refractivity (Wildman–Crippen MR) is 150 cm³/mol. The second-order valence-electron chi connectivity index (χ2n) is 9.73. The predicted octanol–water partition coefficient (Wildman–Crippen LogP) is 4.67. The Morgan fingerprint density at radius 3 is 2.80 bits per heavy atom. The van der Waals surface area contributed by atoms with E-state index in [1.54, 1.807) is 18.2 Å². The summed E-state index contributed by atoms with van der Waals surface area (Å²) in [5.74, 6) is -0.667. The first-order valence-electron chi connectivity index (χ1n) is 12.8. The Bertz CT molecular complexity index is 1520. The molecule has 2 aromatic heterocycles. The molecule has 3 heterocycles. The number of halogens is 2. The van der Waals surface area contributed by atoms with Crippen LogP contribution >= 0.6 is 22.9 Å². The number of hydrogen-bond acceptors (Lipinski definition) is 8. The molecule has 0 unspecified atom stereocenters. The van der Waals surface area contributed by atoms with E-state index in [0.717, 1.165) is 29.9 Å². The zero-order valence-corrected chi connectivity index (χ0v) is 25.8.